The summed E-state index contributed by atoms with van der Waals surface area (Å²) in [5, 5.41) is 0. The van der Waals surface area contributed by atoms with E-state index >= 15 is 0 Å². The van der Waals surface area contributed by atoms with Gasteiger partial charge in [-0.3, -0.25) is 0 Å². The lowest BCUT2D eigenvalue weighted by atomic mass is 10.1. The number of anilines is 1. The molecule has 1 aromatic rings. The number of rotatable bonds is 3. The summed E-state index contributed by atoms with van der Waals surface area (Å²) in [4.78, 5) is 6.83. The van der Waals surface area contributed by atoms with Crippen molar-refractivity contribution in [2.75, 3.05) is 24.7 Å². The topological polar surface area (TPSA) is 51.4 Å². The van der Waals surface area contributed by atoms with Crippen molar-refractivity contribution in [1.29, 1.82) is 0 Å². The van der Waals surface area contributed by atoms with Crippen LogP contribution in [0.5, 0.6) is 0 Å². The Kier molecular flexibility index (Phi) is 4.36. The average Bonchev–Trinajstić information content (AvgIpc) is 2.38. The SMILES string of the molecule is CCC1COCCN1c1ncc(Br)cc1CN. The predicted octanol–water partition coefficient (Wildman–Crippen LogP) is 1.92. The normalized spacial score (nSPS) is 20.6. The van der Waals surface area contributed by atoms with Gasteiger partial charge in [0.2, 0.25) is 0 Å². The van der Waals surface area contributed by atoms with E-state index in [0.717, 1.165) is 42.0 Å². The second-order valence-corrected chi connectivity index (χ2v) is 5.09. The van der Waals surface area contributed by atoms with Crippen molar-refractivity contribution in [2.24, 2.45) is 5.73 Å². The van der Waals surface area contributed by atoms with Crippen molar-refractivity contribution in [3.63, 3.8) is 0 Å². The maximum absolute atomic E-state index is 5.79. The smallest absolute Gasteiger partial charge is 0.133 e. The van der Waals surface area contributed by atoms with Crippen LogP contribution in [-0.2, 0) is 11.3 Å². The fourth-order valence-corrected chi connectivity index (χ4v) is 2.53. The number of ether oxygens (including phenoxy) is 1. The maximum atomic E-state index is 5.79. The van der Waals surface area contributed by atoms with Gasteiger partial charge in [-0.15, -0.1) is 0 Å². The average molecular weight is 300 g/mol. The van der Waals surface area contributed by atoms with E-state index in [4.69, 9.17) is 10.5 Å². The lowest BCUT2D eigenvalue weighted by Crippen LogP contribution is -2.46. The Morgan fingerprint density at radius 1 is 1.65 bits per heavy atom. The highest BCUT2D eigenvalue weighted by molar-refractivity contribution is 9.10. The second-order valence-electron chi connectivity index (χ2n) is 4.17. The summed E-state index contributed by atoms with van der Waals surface area (Å²) in [5.74, 6) is 1.01. The molecule has 5 heteroatoms. The Morgan fingerprint density at radius 3 is 3.18 bits per heavy atom. The molecule has 1 aliphatic rings. The standard InChI is InChI=1S/C12H18BrN3O/c1-2-11-8-17-4-3-16(11)12-9(6-14)5-10(13)7-15-12/h5,7,11H,2-4,6,8,14H2,1H3. The minimum absolute atomic E-state index is 0.405. The van der Waals surface area contributed by atoms with Crippen molar-refractivity contribution in [2.45, 2.75) is 25.9 Å². The first-order valence-corrected chi connectivity index (χ1v) is 6.74. The van der Waals surface area contributed by atoms with Gasteiger partial charge < -0.3 is 15.4 Å². The minimum atomic E-state index is 0.405. The molecule has 1 fully saturated rings. The predicted molar refractivity (Wildman–Crippen MR) is 72.1 cm³/mol. The fraction of sp³-hybridized carbons (Fsp3) is 0.583. The number of pyridine rings is 1. The molecule has 1 saturated heterocycles. The number of nitrogens with zero attached hydrogens (tertiary/aromatic N) is 2. The fourth-order valence-electron chi connectivity index (χ4n) is 2.15. The van der Waals surface area contributed by atoms with Crippen molar-refractivity contribution in [3.8, 4) is 0 Å². The van der Waals surface area contributed by atoms with Crippen LogP contribution in [0, 0.1) is 0 Å². The molecule has 0 saturated carbocycles. The zero-order chi connectivity index (χ0) is 12.3. The molecule has 1 atom stereocenters. The number of halogens is 1. The van der Waals surface area contributed by atoms with Crippen LogP contribution in [0.3, 0.4) is 0 Å². The zero-order valence-corrected chi connectivity index (χ0v) is 11.6. The van der Waals surface area contributed by atoms with Gasteiger partial charge in [0.05, 0.1) is 19.3 Å². The summed E-state index contributed by atoms with van der Waals surface area (Å²) in [7, 11) is 0. The Bertz CT molecular complexity index is 386. The molecular weight excluding hydrogens is 282 g/mol. The Labute approximate surface area is 110 Å². The van der Waals surface area contributed by atoms with E-state index in [1.54, 1.807) is 0 Å². The molecular formula is C12H18BrN3O. The van der Waals surface area contributed by atoms with E-state index in [-0.39, 0.29) is 0 Å². The Hall–Kier alpha value is -0.650. The first-order valence-electron chi connectivity index (χ1n) is 5.95. The molecule has 0 bridgehead atoms. The lowest BCUT2D eigenvalue weighted by Gasteiger charge is -2.37. The summed E-state index contributed by atoms with van der Waals surface area (Å²) in [5.41, 5.74) is 6.88. The number of hydrogen-bond donors (Lipinski definition) is 1. The van der Waals surface area contributed by atoms with E-state index < -0.39 is 0 Å². The molecule has 1 aliphatic heterocycles. The first kappa shape index (κ1) is 12.8. The molecule has 4 nitrogen and oxygen atoms in total. The van der Waals surface area contributed by atoms with E-state index in [9.17, 15) is 0 Å². The highest BCUT2D eigenvalue weighted by Crippen LogP contribution is 2.25. The van der Waals surface area contributed by atoms with Crippen LogP contribution in [0.15, 0.2) is 16.7 Å². The summed E-state index contributed by atoms with van der Waals surface area (Å²) >= 11 is 3.43. The third kappa shape index (κ3) is 2.78. The third-order valence-electron chi connectivity index (χ3n) is 3.10. The first-order chi connectivity index (χ1) is 8.26. The molecule has 0 aliphatic carbocycles. The van der Waals surface area contributed by atoms with E-state index in [0.29, 0.717) is 12.6 Å². The number of nitrogens with two attached hydrogens (primary N) is 1. The van der Waals surface area contributed by atoms with Crippen LogP contribution in [0.4, 0.5) is 5.82 Å². The molecule has 2 heterocycles. The molecule has 1 aromatic heterocycles. The number of aromatic nitrogens is 1. The molecule has 0 radical (unpaired) electrons. The van der Waals surface area contributed by atoms with Gasteiger partial charge in [-0.1, -0.05) is 6.92 Å². The monoisotopic (exact) mass is 299 g/mol. The number of hydrogen-bond acceptors (Lipinski definition) is 4. The van der Waals surface area contributed by atoms with Gasteiger partial charge in [0.1, 0.15) is 5.82 Å². The van der Waals surface area contributed by atoms with Crippen molar-refractivity contribution >= 4 is 21.7 Å². The zero-order valence-electron chi connectivity index (χ0n) is 10.0. The molecule has 94 valence electrons. The van der Waals surface area contributed by atoms with Gasteiger partial charge >= 0.3 is 0 Å². The quantitative estimate of drug-likeness (QED) is 0.926. The highest BCUT2D eigenvalue weighted by atomic mass is 79.9. The van der Waals surface area contributed by atoms with Gasteiger partial charge in [0, 0.05) is 29.3 Å². The summed E-state index contributed by atoms with van der Waals surface area (Å²) in [6, 6.07) is 2.45. The van der Waals surface area contributed by atoms with Gasteiger partial charge in [-0.25, -0.2) is 4.98 Å². The molecule has 17 heavy (non-hydrogen) atoms. The molecule has 0 amide bonds. The van der Waals surface area contributed by atoms with Crippen molar-refractivity contribution in [1.82, 2.24) is 4.98 Å². The Morgan fingerprint density at radius 2 is 2.47 bits per heavy atom. The second kappa shape index (κ2) is 5.80. The van der Waals surface area contributed by atoms with Crippen LogP contribution in [0.1, 0.15) is 18.9 Å². The van der Waals surface area contributed by atoms with E-state index in [2.05, 4.69) is 32.7 Å². The Balaban J connectivity index is 2.30. The van der Waals surface area contributed by atoms with Gasteiger partial charge in [0.15, 0.2) is 0 Å². The summed E-state index contributed by atoms with van der Waals surface area (Å²) in [6.07, 6.45) is 2.89. The summed E-state index contributed by atoms with van der Waals surface area (Å²) < 4.78 is 6.49. The van der Waals surface area contributed by atoms with Crippen LogP contribution < -0.4 is 10.6 Å². The lowest BCUT2D eigenvalue weighted by molar-refractivity contribution is 0.0925. The number of morpholine rings is 1. The van der Waals surface area contributed by atoms with Crippen LogP contribution in [0.2, 0.25) is 0 Å². The van der Waals surface area contributed by atoms with E-state index in [1.807, 2.05) is 12.3 Å². The van der Waals surface area contributed by atoms with Crippen molar-refractivity contribution < 1.29 is 4.74 Å². The largest absolute Gasteiger partial charge is 0.377 e. The van der Waals surface area contributed by atoms with Gasteiger partial charge in [-0.05, 0) is 28.4 Å². The maximum Gasteiger partial charge on any atom is 0.133 e. The van der Waals surface area contributed by atoms with Crippen molar-refractivity contribution in [3.05, 3.63) is 22.3 Å². The molecule has 1 unspecified atom stereocenters. The minimum Gasteiger partial charge on any atom is -0.377 e. The van der Waals surface area contributed by atoms with Crippen LogP contribution >= 0.6 is 15.9 Å². The van der Waals surface area contributed by atoms with Crippen LogP contribution in [0.25, 0.3) is 0 Å². The van der Waals surface area contributed by atoms with Gasteiger partial charge in [-0.2, -0.15) is 0 Å². The molecule has 2 N–H and O–H groups in total. The van der Waals surface area contributed by atoms with Crippen LogP contribution in [-0.4, -0.2) is 30.8 Å². The van der Waals surface area contributed by atoms with E-state index in [1.165, 1.54) is 0 Å². The molecule has 2 rings (SSSR count). The molecule has 0 aromatic carbocycles. The summed E-state index contributed by atoms with van der Waals surface area (Å²) in [6.45, 7) is 5.11. The highest BCUT2D eigenvalue weighted by Gasteiger charge is 2.24. The third-order valence-corrected chi connectivity index (χ3v) is 3.53. The van der Waals surface area contributed by atoms with Gasteiger partial charge in [0.25, 0.3) is 0 Å². The molecule has 0 spiro atoms.